The van der Waals surface area contributed by atoms with Crippen molar-refractivity contribution in [1.29, 1.82) is 0 Å². The number of hydrogen-bond acceptors (Lipinski definition) is 11. The molecule has 0 saturated carbocycles. The van der Waals surface area contributed by atoms with Crippen molar-refractivity contribution in [2.45, 2.75) is 75.7 Å². The molecule has 1 aromatic heterocycles. The number of rotatable bonds is 13. The van der Waals surface area contributed by atoms with E-state index in [1.54, 1.807) is 28.9 Å². The van der Waals surface area contributed by atoms with Gasteiger partial charge in [-0.1, -0.05) is 37.1 Å². The summed E-state index contributed by atoms with van der Waals surface area (Å²) in [7, 11) is 1.51. The maximum Gasteiger partial charge on any atom is 0.271 e. The van der Waals surface area contributed by atoms with Gasteiger partial charge in [-0.2, -0.15) is 5.10 Å². The van der Waals surface area contributed by atoms with Crippen molar-refractivity contribution in [3.63, 3.8) is 0 Å². The Morgan fingerprint density at radius 2 is 1.92 bits per heavy atom. The largest absolute Gasteiger partial charge is 0.497 e. The first kappa shape index (κ1) is 28.6. The van der Waals surface area contributed by atoms with E-state index in [1.165, 1.54) is 13.3 Å². The molecule has 2 aromatic rings. The van der Waals surface area contributed by atoms with Crippen LogP contribution in [0.3, 0.4) is 0 Å². The normalized spacial score (nSPS) is 23.3. The van der Waals surface area contributed by atoms with Crippen LogP contribution in [0.5, 0.6) is 5.75 Å². The summed E-state index contributed by atoms with van der Waals surface area (Å²) in [6, 6.07) is 5.12. The summed E-state index contributed by atoms with van der Waals surface area (Å²) in [6.07, 6.45) is -0.652. The highest BCUT2D eigenvalue weighted by atomic mass is 16.5. The highest BCUT2D eigenvalue weighted by Gasteiger charge is 2.41. The van der Waals surface area contributed by atoms with Crippen LogP contribution in [0.15, 0.2) is 29.4 Å². The number of nitrogens with zero attached hydrogens (tertiary/aromatic N) is 4. The Bertz CT molecular complexity index is 1030. The van der Waals surface area contributed by atoms with E-state index in [0.717, 1.165) is 25.0 Å². The average molecular weight is 521 g/mol. The van der Waals surface area contributed by atoms with Crippen molar-refractivity contribution < 1.29 is 35.1 Å². The van der Waals surface area contributed by atoms with E-state index in [9.17, 15) is 30.3 Å². The molecule has 6 atom stereocenters. The third-order valence-electron chi connectivity index (χ3n) is 6.44. The quantitative estimate of drug-likeness (QED) is 0.0939. The molecule has 2 heterocycles. The van der Waals surface area contributed by atoms with Gasteiger partial charge in [0.1, 0.15) is 17.5 Å². The zero-order chi connectivity index (χ0) is 26.9. The molecule has 204 valence electrons. The van der Waals surface area contributed by atoms with Crippen LogP contribution in [0, 0.1) is 0 Å². The first-order valence-corrected chi connectivity index (χ1v) is 12.3. The molecule has 0 radical (unpaired) electrons. The van der Waals surface area contributed by atoms with Crippen molar-refractivity contribution in [3.8, 4) is 5.75 Å². The number of carbonyl (C=O) groups is 1. The minimum absolute atomic E-state index is 0.205. The molecule has 0 aliphatic carbocycles. The molecule has 37 heavy (non-hydrogen) atoms. The van der Waals surface area contributed by atoms with E-state index in [1.807, 2.05) is 0 Å². The Morgan fingerprint density at radius 3 is 2.54 bits per heavy atom. The summed E-state index contributed by atoms with van der Waals surface area (Å²) in [4.78, 5) is 12.3. The van der Waals surface area contributed by atoms with Gasteiger partial charge in [-0.3, -0.25) is 4.79 Å². The topological polar surface area (TPSA) is 195 Å². The Kier molecular flexibility index (Phi) is 10.5. The van der Waals surface area contributed by atoms with Crippen LogP contribution in [-0.4, -0.2) is 96.8 Å². The van der Waals surface area contributed by atoms with E-state index in [-0.39, 0.29) is 13.2 Å². The number of benzene rings is 1. The van der Waals surface area contributed by atoms with E-state index < -0.39 is 42.4 Å². The second-order valence-corrected chi connectivity index (χ2v) is 9.00. The Balaban J connectivity index is 1.67. The van der Waals surface area contributed by atoms with E-state index in [0.29, 0.717) is 23.4 Å². The van der Waals surface area contributed by atoms with Crippen LogP contribution >= 0.6 is 0 Å². The molecule has 1 saturated heterocycles. The van der Waals surface area contributed by atoms with Gasteiger partial charge in [-0.05, 0) is 30.5 Å². The van der Waals surface area contributed by atoms with Crippen molar-refractivity contribution in [1.82, 2.24) is 25.7 Å². The molecule has 0 spiro atoms. The van der Waals surface area contributed by atoms with Gasteiger partial charge in [0.15, 0.2) is 6.10 Å². The Hall–Kier alpha value is -2.94. The average Bonchev–Trinajstić information content (AvgIpc) is 3.42. The number of aromatic nitrogens is 3. The number of hydrazone groups is 1. The summed E-state index contributed by atoms with van der Waals surface area (Å²) < 4.78 is 6.66. The summed E-state index contributed by atoms with van der Waals surface area (Å²) >= 11 is 0. The third kappa shape index (κ3) is 7.09. The molecule has 1 aliphatic rings. The second-order valence-electron chi connectivity index (χ2n) is 9.00. The zero-order valence-electron chi connectivity index (χ0n) is 20.9. The number of amides is 1. The number of aliphatic hydroxyl groups excluding tert-OH is 5. The molecule has 7 N–H and O–H groups in total. The fourth-order valence-electron chi connectivity index (χ4n) is 4.20. The van der Waals surface area contributed by atoms with Gasteiger partial charge in [0.05, 0.1) is 56.5 Å². The van der Waals surface area contributed by atoms with E-state index in [4.69, 9.17) is 4.74 Å². The van der Waals surface area contributed by atoms with Gasteiger partial charge in [0.2, 0.25) is 0 Å². The summed E-state index contributed by atoms with van der Waals surface area (Å²) in [5, 5.41) is 65.5. The van der Waals surface area contributed by atoms with E-state index in [2.05, 4.69) is 33.1 Å². The first-order valence-electron chi connectivity index (χ1n) is 12.3. The Labute approximate surface area is 214 Å². The molecule has 1 amide bonds. The second kappa shape index (κ2) is 13.6. The number of carbonyl (C=O) groups excluding carboxylic acids is 1. The maximum absolute atomic E-state index is 12.3. The zero-order valence-corrected chi connectivity index (χ0v) is 20.9. The van der Waals surface area contributed by atoms with Gasteiger partial charge >= 0.3 is 0 Å². The standard InChI is InChI=1S/C24H36N6O7/c1-3-4-5-6-19-16(27-29-30(19)12-17-21(33)22(34)18(13-31)26-17)11-25-28-24(36)23(35)20(32)14-7-9-15(37-2)10-8-14/h7-11,17-18,20-23,26,31-35H,3-6,12-13H2,1-2H3,(H,28,36)/b25-11+/t17-,18-,20-,21-,22-,23+/m1/s1. The fraction of sp³-hybridized carbons (Fsp3) is 0.583. The van der Waals surface area contributed by atoms with Gasteiger partial charge in [0, 0.05) is 0 Å². The molecule has 0 unspecified atom stereocenters. The lowest BCUT2D eigenvalue weighted by Crippen LogP contribution is -2.38. The summed E-state index contributed by atoms with van der Waals surface area (Å²) in [5.41, 5.74) is 3.67. The van der Waals surface area contributed by atoms with Gasteiger partial charge in [-0.25, -0.2) is 10.1 Å². The SMILES string of the molecule is CCCCCc1c(/C=N/NC(=O)[C@@H](O)[C@H](O)c2ccc(OC)cc2)nnn1C[C@H]1N[C@H](CO)[C@@H](O)[C@@H]1O. The molecule has 1 aromatic carbocycles. The lowest BCUT2D eigenvalue weighted by atomic mass is 10.0. The summed E-state index contributed by atoms with van der Waals surface area (Å²) in [5.74, 6) is -0.327. The van der Waals surface area contributed by atoms with Gasteiger partial charge < -0.3 is 35.6 Å². The molecule has 13 nitrogen and oxygen atoms in total. The number of aliphatic hydroxyl groups is 5. The van der Waals surface area contributed by atoms with Gasteiger partial charge in [-0.15, -0.1) is 5.10 Å². The lowest BCUT2D eigenvalue weighted by Gasteiger charge is -2.17. The number of methoxy groups -OCH3 is 1. The number of nitrogens with one attached hydrogen (secondary N) is 2. The van der Waals surface area contributed by atoms with Crippen LogP contribution < -0.4 is 15.5 Å². The van der Waals surface area contributed by atoms with Crippen LogP contribution in [0.25, 0.3) is 0 Å². The molecule has 1 aliphatic heterocycles. The van der Waals surface area contributed by atoms with Crippen molar-refractivity contribution in [3.05, 3.63) is 41.2 Å². The lowest BCUT2D eigenvalue weighted by molar-refractivity contribution is -0.135. The van der Waals surface area contributed by atoms with Crippen molar-refractivity contribution >= 4 is 12.1 Å². The number of ether oxygens (including phenoxy) is 1. The monoisotopic (exact) mass is 520 g/mol. The molecule has 13 heteroatoms. The fourth-order valence-corrected chi connectivity index (χ4v) is 4.20. The van der Waals surface area contributed by atoms with Crippen LogP contribution in [0.4, 0.5) is 0 Å². The predicted molar refractivity (Wildman–Crippen MR) is 133 cm³/mol. The maximum atomic E-state index is 12.3. The molecule has 3 rings (SSSR count). The minimum atomic E-state index is -1.76. The van der Waals surface area contributed by atoms with Crippen molar-refractivity contribution in [2.75, 3.05) is 13.7 Å². The summed E-state index contributed by atoms with van der Waals surface area (Å²) in [6.45, 7) is 1.97. The minimum Gasteiger partial charge on any atom is -0.497 e. The van der Waals surface area contributed by atoms with E-state index >= 15 is 0 Å². The highest BCUT2D eigenvalue weighted by molar-refractivity contribution is 5.84. The number of unbranched alkanes of at least 4 members (excludes halogenated alkanes) is 2. The smallest absolute Gasteiger partial charge is 0.271 e. The van der Waals surface area contributed by atoms with Crippen LogP contribution in [0.1, 0.15) is 49.2 Å². The molecule has 0 bridgehead atoms. The Morgan fingerprint density at radius 1 is 1.22 bits per heavy atom. The highest BCUT2D eigenvalue weighted by Crippen LogP contribution is 2.21. The first-order chi connectivity index (χ1) is 17.8. The van der Waals surface area contributed by atoms with Gasteiger partial charge in [0.25, 0.3) is 5.91 Å². The molecule has 1 fully saturated rings. The van der Waals surface area contributed by atoms with Crippen molar-refractivity contribution in [2.24, 2.45) is 5.10 Å². The third-order valence-corrected chi connectivity index (χ3v) is 6.44. The molecular weight excluding hydrogens is 484 g/mol. The van der Waals surface area contributed by atoms with Crippen LogP contribution in [0.2, 0.25) is 0 Å². The predicted octanol–water partition coefficient (Wildman–Crippen LogP) is -1.38. The molecular formula is C24H36N6O7. The number of hydrogen-bond donors (Lipinski definition) is 7. The van der Waals surface area contributed by atoms with Crippen LogP contribution in [-0.2, 0) is 17.8 Å².